The lowest BCUT2D eigenvalue weighted by molar-refractivity contribution is -0.134. The lowest BCUT2D eigenvalue weighted by Crippen LogP contribution is -2.39. The Balaban J connectivity index is 1.61. The van der Waals surface area contributed by atoms with E-state index in [0.717, 1.165) is 5.56 Å². The number of benzene rings is 2. The summed E-state index contributed by atoms with van der Waals surface area (Å²) < 4.78 is 0. The van der Waals surface area contributed by atoms with Crippen molar-refractivity contribution in [3.05, 3.63) is 59.1 Å². The molecule has 2 aromatic rings. The van der Waals surface area contributed by atoms with Gasteiger partial charge in [-0.3, -0.25) is 14.4 Å². The highest BCUT2D eigenvalue weighted by Crippen LogP contribution is 2.47. The first kappa shape index (κ1) is 18.9. The Morgan fingerprint density at radius 1 is 0.963 bits per heavy atom. The Morgan fingerprint density at radius 3 is 2.19 bits per heavy atom. The minimum Gasteiger partial charge on any atom is -0.351 e. The number of amides is 3. The predicted molar refractivity (Wildman–Crippen MR) is 104 cm³/mol. The van der Waals surface area contributed by atoms with Crippen molar-refractivity contribution in [1.29, 1.82) is 0 Å². The van der Waals surface area contributed by atoms with Crippen molar-refractivity contribution in [1.82, 2.24) is 5.32 Å². The molecule has 0 aliphatic heterocycles. The lowest BCUT2D eigenvalue weighted by Gasteiger charge is -2.16. The van der Waals surface area contributed by atoms with E-state index in [1.54, 1.807) is 36.4 Å². The Hall–Kier alpha value is -2.86. The monoisotopic (exact) mass is 385 g/mol. The standard InChI is InChI=1S/C20H20ClN3O3/c1-13(25)23-16-3-2-4-17(11-16)24-19(27)20(9-10-20)18(26)22-12-14-5-7-15(21)8-6-14/h2-8,11H,9-10,12H2,1H3,(H,22,26)(H,23,25)(H,24,27). The van der Waals surface area contributed by atoms with Gasteiger partial charge in [0.2, 0.25) is 17.7 Å². The molecule has 3 rings (SSSR count). The lowest BCUT2D eigenvalue weighted by atomic mass is 10.0. The normalized spacial score (nSPS) is 14.1. The molecule has 1 aliphatic carbocycles. The molecule has 0 spiro atoms. The van der Waals surface area contributed by atoms with E-state index in [1.807, 2.05) is 12.1 Å². The maximum Gasteiger partial charge on any atom is 0.240 e. The fraction of sp³-hybridized carbons (Fsp3) is 0.250. The van der Waals surface area contributed by atoms with Crippen LogP contribution < -0.4 is 16.0 Å². The van der Waals surface area contributed by atoms with Crippen LogP contribution in [0.3, 0.4) is 0 Å². The second-order valence-electron chi connectivity index (χ2n) is 6.61. The average molecular weight is 386 g/mol. The van der Waals surface area contributed by atoms with Gasteiger partial charge in [-0.1, -0.05) is 29.8 Å². The molecule has 140 valence electrons. The molecule has 0 bridgehead atoms. The molecule has 0 aromatic heterocycles. The molecule has 1 saturated carbocycles. The quantitative estimate of drug-likeness (QED) is 0.666. The maximum atomic E-state index is 12.7. The van der Waals surface area contributed by atoms with Crippen molar-refractivity contribution < 1.29 is 14.4 Å². The molecule has 7 heteroatoms. The van der Waals surface area contributed by atoms with Gasteiger partial charge in [0.25, 0.3) is 0 Å². The molecule has 0 atom stereocenters. The van der Waals surface area contributed by atoms with E-state index < -0.39 is 5.41 Å². The van der Waals surface area contributed by atoms with E-state index in [-0.39, 0.29) is 17.7 Å². The Bertz CT molecular complexity index is 876. The van der Waals surface area contributed by atoms with E-state index >= 15 is 0 Å². The summed E-state index contributed by atoms with van der Waals surface area (Å²) in [6, 6.07) is 14.0. The third-order valence-corrected chi connectivity index (χ3v) is 4.68. The van der Waals surface area contributed by atoms with E-state index in [4.69, 9.17) is 11.6 Å². The summed E-state index contributed by atoms with van der Waals surface area (Å²) in [5, 5.41) is 8.89. The first-order chi connectivity index (χ1) is 12.9. The number of hydrogen-bond acceptors (Lipinski definition) is 3. The Labute approximate surface area is 162 Å². The van der Waals surface area contributed by atoms with Crippen molar-refractivity contribution >= 4 is 40.7 Å². The minimum absolute atomic E-state index is 0.196. The molecule has 1 aliphatic rings. The van der Waals surface area contributed by atoms with Crippen LogP contribution in [0.2, 0.25) is 5.02 Å². The van der Waals surface area contributed by atoms with Crippen molar-refractivity contribution in [3.8, 4) is 0 Å². The summed E-state index contributed by atoms with van der Waals surface area (Å²) in [6.07, 6.45) is 1.02. The Morgan fingerprint density at radius 2 is 1.59 bits per heavy atom. The zero-order valence-electron chi connectivity index (χ0n) is 14.8. The fourth-order valence-corrected chi connectivity index (χ4v) is 2.89. The van der Waals surface area contributed by atoms with Gasteiger partial charge in [0.15, 0.2) is 0 Å². The van der Waals surface area contributed by atoms with Gasteiger partial charge in [0.1, 0.15) is 5.41 Å². The molecule has 1 fully saturated rings. The topological polar surface area (TPSA) is 87.3 Å². The number of nitrogens with one attached hydrogen (secondary N) is 3. The number of anilines is 2. The van der Waals surface area contributed by atoms with Gasteiger partial charge in [0, 0.05) is 29.9 Å². The van der Waals surface area contributed by atoms with E-state index in [1.165, 1.54) is 6.92 Å². The smallest absolute Gasteiger partial charge is 0.240 e. The first-order valence-electron chi connectivity index (χ1n) is 8.61. The number of rotatable bonds is 6. The summed E-state index contributed by atoms with van der Waals surface area (Å²) in [4.78, 5) is 36.4. The Kier molecular flexibility index (Phi) is 5.46. The highest BCUT2D eigenvalue weighted by molar-refractivity contribution is 6.30. The number of carbonyl (C=O) groups excluding carboxylic acids is 3. The summed E-state index contributed by atoms with van der Waals surface area (Å²) in [5.74, 6) is -0.817. The summed E-state index contributed by atoms with van der Waals surface area (Å²) in [6.45, 7) is 1.75. The van der Waals surface area contributed by atoms with Gasteiger partial charge in [-0.15, -0.1) is 0 Å². The van der Waals surface area contributed by atoms with Crippen LogP contribution in [0.1, 0.15) is 25.3 Å². The molecule has 3 amide bonds. The third kappa shape index (κ3) is 4.65. The first-order valence-corrected chi connectivity index (χ1v) is 8.99. The van der Waals surface area contributed by atoms with Gasteiger partial charge in [-0.2, -0.15) is 0 Å². The van der Waals surface area contributed by atoms with Gasteiger partial charge < -0.3 is 16.0 Å². The summed E-state index contributed by atoms with van der Waals surface area (Å²) in [5.41, 5.74) is 0.989. The van der Waals surface area contributed by atoms with Gasteiger partial charge in [0.05, 0.1) is 0 Å². The SMILES string of the molecule is CC(=O)Nc1cccc(NC(=O)C2(C(=O)NCc3ccc(Cl)cc3)CC2)c1. The molecule has 0 radical (unpaired) electrons. The third-order valence-electron chi connectivity index (χ3n) is 4.43. The van der Waals surface area contributed by atoms with Crippen LogP contribution in [-0.2, 0) is 20.9 Å². The molecular weight excluding hydrogens is 366 g/mol. The van der Waals surface area contributed by atoms with Crippen LogP contribution in [0, 0.1) is 5.41 Å². The van der Waals surface area contributed by atoms with Gasteiger partial charge in [-0.25, -0.2) is 0 Å². The largest absolute Gasteiger partial charge is 0.351 e. The van der Waals surface area contributed by atoms with Crippen LogP contribution in [0.25, 0.3) is 0 Å². The number of hydrogen-bond donors (Lipinski definition) is 3. The molecule has 6 nitrogen and oxygen atoms in total. The second-order valence-corrected chi connectivity index (χ2v) is 7.04. The van der Waals surface area contributed by atoms with E-state index in [9.17, 15) is 14.4 Å². The van der Waals surface area contributed by atoms with Crippen LogP contribution in [0.15, 0.2) is 48.5 Å². The highest BCUT2D eigenvalue weighted by atomic mass is 35.5. The van der Waals surface area contributed by atoms with Gasteiger partial charge >= 0.3 is 0 Å². The van der Waals surface area contributed by atoms with Crippen LogP contribution in [0.4, 0.5) is 11.4 Å². The van der Waals surface area contributed by atoms with Crippen molar-refractivity contribution in [2.24, 2.45) is 5.41 Å². The molecule has 0 unspecified atom stereocenters. The molecule has 0 saturated heterocycles. The average Bonchev–Trinajstić information content (AvgIpc) is 3.43. The molecule has 2 aromatic carbocycles. The van der Waals surface area contributed by atoms with Crippen molar-refractivity contribution in [2.75, 3.05) is 10.6 Å². The van der Waals surface area contributed by atoms with Crippen molar-refractivity contribution in [2.45, 2.75) is 26.3 Å². The van der Waals surface area contributed by atoms with Gasteiger partial charge in [-0.05, 0) is 48.7 Å². The predicted octanol–water partition coefficient (Wildman–Crippen LogP) is 3.33. The van der Waals surface area contributed by atoms with E-state index in [2.05, 4.69) is 16.0 Å². The van der Waals surface area contributed by atoms with Crippen LogP contribution in [0.5, 0.6) is 0 Å². The molecule has 27 heavy (non-hydrogen) atoms. The number of carbonyl (C=O) groups is 3. The fourth-order valence-electron chi connectivity index (χ4n) is 2.76. The summed E-state index contributed by atoms with van der Waals surface area (Å²) >= 11 is 5.85. The highest BCUT2D eigenvalue weighted by Gasteiger charge is 2.56. The number of halogens is 1. The molecular formula is C20H20ClN3O3. The zero-order chi connectivity index (χ0) is 19.4. The van der Waals surface area contributed by atoms with Crippen LogP contribution >= 0.6 is 11.6 Å². The summed E-state index contributed by atoms with van der Waals surface area (Å²) in [7, 11) is 0. The maximum absolute atomic E-state index is 12.7. The van der Waals surface area contributed by atoms with Crippen LogP contribution in [-0.4, -0.2) is 17.7 Å². The minimum atomic E-state index is -1.03. The molecule has 3 N–H and O–H groups in total. The molecule has 0 heterocycles. The van der Waals surface area contributed by atoms with Crippen molar-refractivity contribution in [3.63, 3.8) is 0 Å². The second kappa shape index (κ2) is 7.80. The zero-order valence-corrected chi connectivity index (χ0v) is 15.6. The van der Waals surface area contributed by atoms with E-state index in [0.29, 0.717) is 35.8 Å².